The summed E-state index contributed by atoms with van der Waals surface area (Å²) in [7, 11) is 0. The second-order valence-corrected chi connectivity index (χ2v) is 3.63. The molecule has 0 radical (unpaired) electrons. The maximum absolute atomic E-state index is 13.4. The van der Waals surface area contributed by atoms with E-state index in [1.54, 1.807) is 12.1 Å². The van der Waals surface area contributed by atoms with Crippen LogP contribution in [0.2, 0.25) is 0 Å². The van der Waals surface area contributed by atoms with E-state index in [-0.39, 0.29) is 18.7 Å². The van der Waals surface area contributed by atoms with Gasteiger partial charge in [0, 0.05) is 5.56 Å². The van der Waals surface area contributed by atoms with Crippen molar-refractivity contribution in [2.45, 2.75) is 19.3 Å². The van der Waals surface area contributed by atoms with Crippen LogP contribution in [0, 0.1) is 5.82 Å². The summed E-state index contributed by atoms with van der Waals surface area (Å²) >= 11 is 0. The Hall–Kier alpha value is -1.79. The summed E-state index contributed by atoms with van der Waals surface area (Å²) in [4.78, 5) is 0. The summed E-state index contributed by atoms with van der Waals surface area (Å²) in [6.45, 7) is -0.121. The lowest BCUT2D eigenvalue weighted by Crippen LogP contribution is -2.10. The number of hydrogen-bond acceptors (Lipinski definition) is 4. The van der Waals surface area contributed by atoms with Gasteiger partial charge >= 0.3 is 0 Å². The molecule has 1 unspecified atom stereocenters. The third-order valence-corrected chi connectivity index (χ3v) is 2.37. The summed E-state index contributed by atoms with van der Waals surface area (Å²) < 4.78 is 14.7. The minimum Gasteiger partial charge on any atom is -0.390 e. The van der Waals surface area contributed by atoms with Crippen LogP contribution in [0.4, 0.5) is 4.39 Å². The number of halogens is 1. The highest BCUT2D eigenvalue weighted by Gasteiger charge is 2.13. The van der Waals surface area contributed by atoms with E-state index in [1.165, 1.54) is 23.0 Å². The van der Waals surface area contributed by atoms with Gasteiger partial charge in [0.2, 0.25) is 0 Å². The Morgan fingerprint density at radius 1 is 1.35 bits per heavy atom. The SMILES string of the molecule is OCc1cn(CC(O)c2ccccc2F)nn1. The van der Waals surface area contributed by atoms with E-state index in [0.717, 1.165) is 0 Å². The fourth-order valence-corrected chi connectivity index (χ4v) is 1.52. The molecular formula is C11H12FN3O2. The third-order valence-electron chi connectivity index (χ3n) is 2.37. The Balaban J connectivity index is 2.11. The molecular weight excluding hydrogens is 225 g/mol. The third kappa shape index (κ3) is 2.66. The molecule has 0 saturated heterocycles. The topological polar surface area (TPSA) is 71.2 Å². The maximum Gasteiger partial charge on any atom is 0.129 e. The van der Waals surface area contributed by atoms with Crippen LogP contribution in [0.1, 0.15) is 17.4 Å². The number of rotatable bonds is 4. The van der Waals surface area contributed by atoms with E-state index in [4.69, 9.17) is 5.11 Å². The van der Waals surface area contributed by atoms with Gasteiger partial charge < -0.3 is 10.2 Å². The van der Waals surface area contributed by atoms with Crippen LogP contribution in [0.5, 0.6) is 0 Å². The average molecular weight is 237 g/mol. The van der Waals surface area contributed by atoms with Crippen molar-refractivity contribution in [2.24, 2.45) is 0 Å². The molecule has 2 N–H and O–H groups in total. The molecule has 1 aromatic heterocycles. The molecule has 90 valence electrons. The second kappa shape index (κ2) is 5.03. The molecule has 1 aromatic carbocycles. The van der Waals surface area contributed by atoms with Gasteiger partial charge in [-0.15, -0.1) is 5.10 Å². The van der Waals surface area contributed by atoms with E-state index < -0.39 is 11.9 Å². The van der Waals surface area contributed by atoms with Gasteiger partial charge in [-0.1, -0.05) is 23.4 Å². The maximum atomic E-state index is 13.4. The molecule has 1 atom stereocenters. The van der Waals surface area contributed by atoms with Gasteiger partial charge in [0.15, 0.2) is 0 Å². The molecule has 0 saturated carbocycles. The molecule has 0 spiro atoms. The number of aliphatic hydroxyl groups excluding tert-OH is 2. The summed E-state index contributed by atoms with van der Waals surface area (Å²) in [5, 5.41) is 26.0. The molecule has 0 aliphatic carbocycles. The van der Waals surface area contributed by atoms with Crippen molar-refractivity contribution in [3.63, 3.8) is 0 Å². The molecule has 0 amide bonds. The van der Waals surface area contributed by atoms with Gasteiger partial charge in [0.05, 0.1) is 19.3 Å². The monoisotopic (exact) mass is 237 g/mol. The molecule has 17 heavy (non-hydrogen) atoms. The van der Waals surface area contributed by atoms with Crippen LogP contribution < -0.4 is 0 Å². The molecule has 0 aliphatic rings. The molecule has 2 rings (SSSR count). The first-order valence-corrected chi connectivity index (χ1v) is 5.13. The minimum atomic E-state index is -0.996. The highest BCUT2D eigenvalue weighted by atomic mass is 19.1. The first-order valence-electron chi connectivity index (χ1n) is 5.13. The predicted molar refractivity (Wildman–Crippen MR) is 57.3 cm³/mol. The summed E-state index contributed by atoms with van der Waals surface area (Å²) in [6, 6.07) is 6.02. The lowest BCUT2D eigenvalue weighted by molar-refractivity contribution is 0.146. The van der Waals surface area contributed by atoms with Gasteiger partial charge in [-0.05, 0) is 6.07 Å². The van der Waals surface area contributed by atoms with E-state index in [9.17, 15) is 9.50 Å². The Morgan fingerprint density at radius 2 is 2.12 bits per heavy atom. The van der Waals surface area contributed by atoms with Gasteiger partial charge in [-0.2, -0.15) is 0 Å². The second-order valence-electron chi connectivity index (χ2n) is 3.63. The zero-order valence-electron chi connectivity index (χ0n) is 8.99. The van der Waals surface area contributed by atoms with Crippen molar-refractivity contribution in [1.82, 2.24) is 15.0 Å². The van der Waals surface area contributed by atoms with Crippen molar-refractivity contribution in [2.75, 3.05) is 0 Å². The normalized spacial score (nSPS) is 12.6. The first kappa shape index (κ1) is 11.7. The number of benzene rings is 1. The smallest absolute Gasteiger partial charge is 0.129 e. The summed E-state index contributed by atoms with van der Waals surface area (Å²) in [5.41, 5.74) is 0.624. The quantitative estimate of drug-likeness (QED) is 0.818. The van der Waals surface area contributed by atoms with Gasteiger partial charge in [-0.25, -0.2) is 9.07 Å². The van der Waals surface area contributed by atoms with Gasteiger partial charge in [0.25, 0.3) is 0 Å². The molecule has 0 fully saturated rings. The summed E-state index contributed by atoms with van der Waals surface area (Å²) in [6.07, 6.45) is 0.508. The zero-order valence-corrected chi connectivity index (χ0v) is 8.99. The number of nitrogens with zero attached hydrogens (tertiary/aromatic N) is 3. The zero-order chi connectivity index (χ0) is 12.3. The standard InChI is InChI=1S/C11H12FN3O2/c12-10-4-2-1-3-9(10)11(17)6-15-5-8(7-16)13-14-15/h1-5,11,16-17H,6-7H2. The van der Waals surface area contributed by atoms with Crippen molar-refractivity contribution in [1.29, 1.82) is 0 Å². The highest BCUT2D eigenvalue weighted by Crippen LogP contribution is 2.17. The van der Waals surface area contributed by atoms with Crippen LogP contribution in [-0.2, 0) is 13.2 Å². The van der Waals surface area contributed by atoms with Crippen LogP contribution in [0.25, 0.3) is 0 Å². The summed E-state index contributed by atoms with van der Waals surface area (Å²) in [5.74, 6) is -0.456. The van der Waals surface area contributed by atoms with Crippen molar-refractivity contribution in [3.8, 4) is 0 Å². The van der Waals surface area contributed by atoms with Gasteiger partial charge in [0.1, 0.15) is 17.6 Å². The Morgan fingerprint density at radius 3 is 2.76 bits per heavy atom. The Labute approximate surface area is 97.1 Å². The number of aliphatic hydroxyl groups is 2. The van der Waals surface area contributed by atoms with Crippen LogP contribution in [-0.4, -0.2) is 25.2 Å². The fourth-order valence-electron chi connectivity index (χ4n) is 1.52. The lowest BCUT2D eigenvalue weighted by Gasteiger charge is -2.11. The lowest BCUT2D eigenvalue weighted by atomic mass is 10.1. The van der Waals surface area contributed by atoms with E-state index in [0.29, 0.717) is 5.69 Å². The van der Waals surface area contributed by atoms with E-state index in [1.807, 2.05) is 0 Å². The van der Waals surface area contributed by atoms with Gasteiger partial charge in [-0.3, -0.25) is 0 Å². The van der Waals surface area contributed by atoms with Crippen LogP contribution in [0.15, 0.2) is 30.5 Å². The Bertz CT molecular complexity index is 501. The fraction of sp³-hybridized carbons (Fsp3) is 0.273. The molecule has 2 aromatic rings. The van der Waals surface area contributed by atoms with Crippen molar-refractivity contribution >= 4 is 0 Å². The minimum absolute atomic E-state index is 0.0912. The average Bonchev–Trinajstić information content (AvgIpc) is 2.77. The van der Waals surface area contributed by atoms with Crippen LogP contribution >= 0.6 is 0 Å². The van der Waals surface area contributed by atoms with Crippen molar-refractivity contribution in [3.05, 3.63) is 47.5 Å². The van der Waals surface area contributed by atoms with E-state index >= 15 is 0 Å². The largest absolute Gasteiger partial charge is 0.390 e. The number of hydrogen-bond donors (Lipinski definition) is 2. The van der Waals surface area contributed by atoms with E-state index in [2.05, 4.69) is 10.3 Å². The molecule has 0 aliphatic heterocycles. The molecule has 1 heterocycles. The van der Waals surface area contributed by atoms with Crippen molar-refractivity contribution < 1.29 is 14.6 Å². The molecule has 0 bridgehead atoms. The molecule has 6 heteroatoms. The molecule has 5 nitrogen and oxygen atoms in total. The Kier molecular flexibility index (Phi) is 3.46. The highest BCUT2D eigenvalue weighted by molar-refractivity contribution is 5.19. The first-order chi connectivity index (χ1) is 8.20. The predicted octanol–water partition coefficient (Wildman–Crippen LogP) is 0.643. The number of aromatic nitrogens is 3. The van der Waals surface area contributed by atoms with Crippen LogP contribution in [0.3, 0.4) is 0 Å².